The molecule has 0 fully saturated rings. The van der Waals surface area contributed by atoms with Crippen molar-refractivity contribution in [3.8, 4) is 0 Å². The van der Waals surface area contributed by atoms with E-state index in [0.29, 0.717) is 13.2 Å². The highest BCUT2D eigenvalue weighted by atomic mass is 31.1. The molecule has 0 aromatic carbocycles. The zero-order chi connectivity index (χ0) is 9.98. The van der Waals surface area contributed by atoms with Crippen LogP contribution in [0.15, 0.2) is 0 Å². The molecule has 0 aliphatic rings. The summed E-state index contributed by atoms with van der Waals surface area (Å²) in [5.74, 6) is 0. The fourth-order valence-electron chi connectivity index (χ4n) is 0.247. The average molecular weight is 220 g/mol. The molecule has 0 aromatic heterocycles. The first-order valence-corrected chi connectivity index (χ1v) is 5.78. The molecule has 0 aromatic rings. The Hall–Kier alpha value is 0.300. The summed E-state index contributed by atoms with van der Waals surface area (Å²) in [7, 11) is -5.27. The van der Waals surface area contributed by atoms with Crippen LogP contribution in [0.25, 0.3) is 0 Å². The summed E-state index contributed by atoms with van der Waals surface area (Å²) in [6.45, 7) is 3.96. The molecular formula is C4H14O6P2. The first-order chi connectivity index (χ1) is 5.54. The van der Waals surface area contributed by atoms with Crippen LogP contribution in [0.2, 0.25) is 0 Å². The molecule has 0 spiro atoms. The molecule has 0 saturated heterocycles. The van der Waals surface area contributed by atoms with E-state index in [9.17, 15) is 9.13 Å². The van der Waals surface area contributed by atoms with E-state index < -0.39 is 16.5 Å². The van der Waals surface area contributed by atoms with Crippen LogP contribution in [0.1, 0.15) is 13.8 Å². The van der Waals surface area contributed by atoms with Gasteiger partial charge in [0.1, 0.15) is 0 Å². The van der Waals surface area contributed by atoms with E-state index in [1.807, 2.05) is 0 Å². The van der Waals surface area contributed by atoms with Gasteiger partial charge in [0.2, 0.25) is 0 Å². The van der Waals surface area contributed by atoms with Gasteiger partial charge in [-0.25, -0.2) is 0 Å². The van der Waals surface area contributed by atoms with Gasteiger partial charge in [0, 0.05) is 0 Å². The number of hydrogen-bond donors (Lipinski definition) is 2. The van der Waals surface area contributed by atoms with Gasteiger partial charge in [-0.15, -0.1) is 0 Å². The fourth-order valence-corrected chi connectivity index (χ4v) is 0.741. The molecule has 0 amide bonds. The highest BCUT2D eigenvalue weighted by Gasteiger charge is 1.81. The summed E-state index contributed by atoms with van der Waals surface area (Å²) in [4.78, 5) is 15.8. The van der Waals surface area contributed by atoms with Crippen LogP contribution >= 0.6 is 16.5 Å². The summed E-state index contributed by atoms with van der Waals surface area (Å²) in [5.41, 5.74) is 0. The Labute approximate surface area is 72.4 Å². The van der Waals surface area contributed by atoms with Crippen molar-refractivity contribution < 1.29 is 28.0 Å². The molecule has 0 rings (SSSR count). The molecule has 0 radical (unpaired) electrons. The second-order valence-corrected chi connectivity index (χ2v) is 3.04. The van der Waals surface area contributed by atoms with Gasteiger partial charge in [0.15, 0.2) is 0 Å². The lowest BCUT2D eigenvalue weighted by molar-refractivity contribution is 0.296. The molecule has 0 saturated carbocycles. The Kier molecular flexibility index (Phi) is 13.9. The zero-order valence-corrected chi connectivity index (χ0v) is 8.94. The molecule has 0 aliphatic carbocycles. The van der Waals surface area contributed by atoms with Crippen LogP contribution in [-0.2, 0) is 18.2 Å². The summed E-state index contributed by atoms with van der Waals surface area (Å²) in [6, 6.07) is 0. The lowest BCUT2D eigenvalue weighted by atomic mass is 10.9. The van der Waals surface area contributed by atoms with E-state index in [-0.39, 0.29) is 0 Å². The fraction of sp³-hybridized carbons (Fsp3) is 1.00. The van der Waals surface area contributed by atoms with Gasteiger partial charge in [-0.05, 0) is 13.8 Å². The van der Waals surface area contributed by atoms with Gasteiger partial charge in [-0.3, -0.25) is 9.13 Å². The second kappa shape index (κ2) is 11.3. The molecule has 6 nitrogen and oxygen atoms in total. The standard InChI is InChI=1S/2C2H7O3P/c2*1-2-5-6(3)4/h2*6H,2H2,1H3,(H,3,4). The number of rotatable bonds is 4. The Morgan fingerprint density at radius 3 is 1.25 bits per heavy atom. The molecule has 0 heterocycles. The Morgan fingerprint density at radius 1 is 1.00 bits per heavy atom. The lowest BCUT2D eigenvalue weighted by Crippen LogP contribution is -1.72. The predicted octanol–water partition coefficient (Wildman–Crippen LogP) is 0.810. The molecule has 2 N–H and O–H groups in total. The summed E-state index contributed by atoms with van der Waals surface area (Å²) >= 11 is 0. The van der Waals surface area contributed by atoms with Crippen LogP contribution in [0.3, 0.4) is 0 Å². The highest BCUT2D eigenvalue weighted by molar-refractivity contribution is 7.32. The minimum absolute atomic E-state index is 0.314. The minimum atomic E-state index is -2.64. The monoisotopic (exact) mass is 220 g/mol. The third-order valence-electron chi connectivity index (χ3n) is 0.536. The van der Waals surface area contributed by atoms with Crippen molar-refractivity contribution in [3.63, 3.8) is 0 Å². The molecule has 2 atom stereocenters. The van der Waals surface area contributed by atoms with E-state index in [0.717, 1.165) is 0 Å². The van der Waals surface area contributed by atoms with Crippen molar-refractivity contribution in [2.24, 2.45) is 0 Å². The second-order valence-electron chi connectivity index (χ2n) is 1.40. The maximum Gasteiger partial charge on any atom is 0.316 e. The molecule has 0 bridgehead atoms. The summed E-state index contributed by atoms with van der Waals surface area (Å²) < 4.78 is 27.4. The third-order valence-corrected chi connectivity index (χ3v) is 1.61. The predicted molar refractivity (Wildman–Crippen MR) is 45.7 cm³/mol. The van der Waals surface area contributed by atoms with Crippen molar-refractivity contribution in [2.75, 3.05) is 13.2 Å². The zero-order valence-electron chi connectivity index (χ0n) is 6.94. The molecule has 8 heteroatoms. The third kappa shape index (κ3) is 22.4. The topological polar surface area (TPSA) is 93.1 Å². The van der Waals surface area contributed by atoms with Gasteiger partial charge in [0.05, 0.1) is 13.2 Å². The van der Waals surface area contributed by atoms with Crippen molar-refractivity contribution in [3.05, 3.63) is 0 Å². The highest BCUT2D eigenvalue weighted by Crippen LogP contribution is 2.12. The van der Waals surface area contributed by atoms with Crippen LogP contribution in [-0.4, -0.2) is 23.0 Å². The molecule has 12 heavy (non-hydrogen) atoms. The van der Waals surface area contributed by atoms with E-state index in [2.05, 4.69) is 9.05 Å². The van der Waals surface area contributed by atoms with Crippen molar-refractivity contribution in [1.29, 1.82) is 0 Å². The van der Waals surface area contributed by atoms with Crippen LogP contribution in [0.5, 0.6) is 0 Å². The molecule has 76 valence electrons. The van der Waals surface area contributed by atoms with Crippen molar-refractivity contribution >= 4 is 16.5 Å². The number of hydrogen-bond acceptors (Lipinski definition) is 4. The van der Waals surface area contributed by atoms with Gasteiger partial charge >= 0.3 is 16.5 Å². The minimum Gasteiger partial charge on any atom is -0.326 e. The summed E-state index contributed by atoms with van der Waals surface area (Å²) in [5, 5.41) is 0. The van der Waals surface area contributed by atoms with Crippen LogP contribution in [0.4, 0.5) is 0 Å². The maximum absolute atomic E-state index is 9.56. The van der Waals surface area contributed by atoms with Gasteiger partial charge in [-0.2, -0.15) is 0 Å². The lowest BCUT2D eigenvalue weighted by Gasteiger charge is -1.86. The maximum atomic E-state index is 9.56. The van der Waals surface area contributed by atoms with Gasteiger partial charge in [-0.1, -0.05) is 0 Å². The van der Waals surface area contributed by atoms with E-state index >= 15 is 0 Å². The Morgan fingerprint density at radius 2 is 1.25 bits per heavy atom. The average Bonchev–Trinajstić information content (AvgIpc) is 1.87. The van der Waals surface area contributed by atoms with Crippen LogP contribution < -0.4 is 0 Å². The van der Waals surface area contributed by atoms with Crippen molar-refractivity contribution in [2.45, 2.75) is 13.8 Å². The Balaban J connectivity index is 0. The largest absolute Gasteiger partial charge is 0.326 e. The van der Waals surface area contributed by atoms with E-state index in [1.165, 1.54) is 0 Å². The molecular weight excluding hydrogens is 206 g/mol. The van der Waals surface area contributed by atoms with E-state index in [4.69, 9.17) is 9.79 Å². The first kappa shape index (κ1) is 14.8. The van der Waals surface area contributed by atoms with Crippen LogP contribution in [0, 0.1) is 0 Å². The SMILES string of the molecule is CCO[PH](=O)O.CCO[PH](=O)O. The van der Waals surface area contributed by atoms with Gasteiger partial charge < -0.3 is 18.8 Å². The normalized spacial score (nSPS) is 14.3. The van der Waals surface area contributed by atoms with Crippen molar-refractivity contribution in [1.82, 2.24) is 0 Å². The first-order valence-electron chi connectivity index (χ1n) is 3.26. The Bertz CT molecular complexity index is 122. The summed E-state index contributed by atoms with van der Waals surface area (Å²) in [6.07, 6.45) is 0. The molecule has 0 aliphatic heterocycles. The quantitative estimate of drug-likeness (QED) is 0.681. The smallest absolute Gasteiger partial charge is 0.316 e. The van der Waals surface area contributed by atoms with E-state index in [1.54, 1.807) is 13.8 Å². The molecule has 2 unspecified atom stereocenters. The van der Waals surface area contributed by atoms with Gasteiger partial charge in [0.25, 0.3) is 0 Å².